The van der Waals surface area contributed by atoms with Crippen LogP contribution in [-0.2, 0) is 16.0 Å². The molecule has 0 radical (unpaired) electrons. The van der Waals surface area contributed by atoms with Crippen molar-refractivity contribution in [2.45, 2.75) is 26.8 Å². The Bertz CT molecular complexity index is 424. The van der Waals surface area contributed by atoms with Crippen LogP contribution in [-0.4, -0.2) is 46.0 Å². The van der Waals surface area contributed by atoms with Gasteiger partial charge in [0.1, 0.15) is 0 Å². The first-order chi connectivity index (χ1) is 10.8. The molecular formula is C17H30IN3O2. The number of ether oxygens (including phenoxy) is 2. The molecule has 1 aromatic carbocycles. The Hall–Kier alpha value is -0.860. The highest BCUT2D eigenvalue weighted by Crippen LogP contribution is 2.04. The van der Waals surface area contributed by atoms with Crippen molar-refractivity contribution in [1.29, 1.82) is 0 Å². The SMILES string of the molecule is CCNC(=NCc1ccc(C)cc1)NCCCOCCOC.I. The van der Waals surface area contributed by atoms with Crippen LogP contribution in [0.5, 0.6) is 0 Å². The summed E-state index contributed by atoms with van der Waals surface area (Å²) in [4.78, 5) is 4.59. The van der Waals surface area contributed by atoms with Crippen molar-refractivity contribution in [2.75, 3.05) is 40.0 Å². The predicted molar refractivity (Wildman–Crippen MR) is 107 cm³/mol. The normalized spacial score (nSPS) is 11.0. The molecule has 0 atom stereocenters. The van der Waals surface area contributed by atoms with E-state index in [1.165, 1.54) is 11.1 Å². The average Bonchev–Trinajstić information content (AvgIpc) is 2.53. The second-order valence-corrected chi connectivity index (χ2v) is 5.07. The number of guanidine groups is 1. The molecule has 132 valence electrons. The van der Waals surface area contributed by atoms with E-state index >= 15 is 0 Å². The Balaban J connectivity index is 0.00000484. The number of halogens is 1. The molecule has 23 heavy (non-hydrogen) atoms. The molecule has 0 aromatic heterocycles. The van der Waals surface area contributed by atoms with Crippen LogP contribution in [0.2, 0.25) is 0 Å². The van der Waals surface area contributed by atoms with E-state index in [-0.39, 0.29) is 24.0 Å². The van der Waals surface area contributed by atoms with Crippen LogP contribution in [0.15, 0.2) is 29.3 Å². The van der Waals surface area contributed by atoms with Gasteiger partial charge in [-0.1, -0.05) is 29.8 Å². The topological polar surface area (TPSA) is 54.9 Å². The van der Waals surface area contributed by atoms with Crippen LogP contribution in [0.1, 0.15) is 24.5 Å². The second-order valence-electron chi connectivity index (χ2n) is 5.07. The smallest absolute Gasteiger partial charge is 0.191 e. The lowest BCUT2D eigenvalue weighted by Gasteiger charge is -2.11. The number of aryl methyl sites for hydroxylation is 1. The van der Waals surface area contributed by atoms with Gasteiger partial charge in [0, 0.05) is 26.8 Å². The summed E-state index contributed by atoms with van der Waals surface area (Å²) < 4.78 is 10.4. The summed E-state index contributed by atoms with van der Waals surface area (Å²) in [6.07, 6.45) is 0.943. The van der Waals surface area contributed by atoms with Crippen LogP contribution >= 0.6 is 24.0 Å². The van der Waals surface area contributed by atoms with E-state index in [0.29, 0.717) is 19.8 Å². The molecule has 0 amide bonds. The first-order valence-corrected chi connectivity index (χ1v) is 7.90. The zero-order chi connectivity index (χ0) is 16.0. The summed E-state index contributed by atoms with van der Waals surface area (Å²) in [6.45, 7) is 8.56. The molecule has 0 heterocycles. The summed E-state index contributed by atoms with van der Waals surface area (Å²) in [5, 5.41) is 6.57. The van der Waals surface area contributed by atoms with E-state index in [1.54, 1.807) is 7.11 Å². The predicted octanol–water partition coefficient (Wildman–Crippen LogP) is 2.72. The average molecular weight is 435 g/mol. The fraction of sp³-hybridized carbons (Fsp3) is 0.588. The maximum atomic E-state index is 5.43. The maximum absolute atomic E-state index is 5.43. The van der Waals surface area contributed by atoms with Crippen LogP contribution < -0.4 is 10.6 Å². The van der Waals surface area contributed by atoms with Crippen LogP contribution in [0.3, 0.4) is 0 Å². The van der Waals surface area contributed by atoms with E-state index < -0.39 is 0 Å². The number of methoxy groups -OCH3 is 1. The molecule has 0 unspecified atom stereocenters. The van der Waals surface area contributed by atoms with E-state index in [2.05, 4.69) is 53.7 Å². The molecule has 1 aromatic rings. The molecule has 0 saturated carbocycles. The van der Waals surface area contributed by atoms with E-state index in [0.717, 1.165) is 32.1 Å². The maximum Gasteiger partial charge on any atom is 0.191 e. The zero-order valence-corrected chi connectivity index (χ0v) is 16.8. The summed E-state index contributed by atoms with van der Waals surface area (Å²) in [6, 6.07) is 8.46. The number of hydrogen-bond acceptors (Lipinski definition) is 3. The Morgan fingerprint density at radius 3 is 2.48 bits per heavy atom. The standard InChI is InChI=1S/C17H29N3O2.HI/c1-4-18-17(19-10-5-11-22-13-12-21-3)20-14-16-8-6-15(2)7-9-16;/h6-9H,4-5,10-14H2,1-3H3,(H2,18,19,20);1H. The van der Waals surface area contributed by atoms with Crippen LogP contribution in [0.25, 0.3) is 0 Å². The molecule has 5 nitrogen and oxygen atoms in total. The Kier molecular flexibility index (Phi) is 14.2. The zero-order valence-electron chi connectivity index (χ0n) is 14.4. The number of aliphatic imine (C=N–C) groups is 1. The molecule has 1 rings (SSSR count). The Morgan fingerprint density at radius 2 is 1.83 bits per heavy atom. The first-order valence-electron chi connectivity index (χ1n) is 7.90. The molecule has 0 fully saturated rings. The third-order valence-corrected chi connectivity index (χ3v) is 3.07. The van der Waals surface area contributed by atoms with Crippen molar-refractivity contribution < 1.29 is 9.47 Å². The van der Waals surface area contributed by atoms with E-state index in [4.69, 9.17) is 9.47 Å². The molecule has 0 saturated heterocycles. The summed E-state index contributed by atoms with van der Waals surface area (Å²) in [5.41, 5.74) is 2.48. The Morgan fingerprint density at radius 1 is 1.09 bits per heavy atom. The number of nitrogens with one attached hydrogen (secondary N) is 2. The van der Waals surface area contributed by atoms with Gasteiger partial charge in [-0.25, -0.2) is 4.99 Å². The lowest BCUT2D eigenvalue weighted by molar-refractivity contribution is 0.0698. The number of nitrogens with zero attached hydrogens (tertiary/aromatic N) is 1. The highest BCUT2D eigenvalue weighted by molar-refractivity contribution is 14.0. The molecule has 0 spiro atoms. The largest absolute Gasteiger partial charge is 0.382 e. The van der Waals surface area contributed by atoms with E-state index in [1.807, 2.05) is 0 Å². The Labute approximate surface area is 157 Å². The fourth-order valence-corrected chi connectivity index (χ4v) is 1.83. The number of rotatable bonds is 10. The van der Waals surface area contributed by atoms with Gasteiger partial charge in [0.2, 0.25) is 0 Å². The lowest BCUT2D eigenvalue weighted by Crippen LogP contribution is -2.38. The highest BCUT2D eigenvalue weighted by atomic mass is 127. The van der Waals surface area contributed by atoms with Crippen molar-refractivity contribution in [3.63, 3.8) is 0 Å². The van der Waals surface area contributed by atoms with Crippen molar-refractivity contribution in [1.82, 2.24) is 10.6 Å². The summed E-state index contributed by atoms with van der Waals surface area (Å²) in [5.74, 6) is 0.847. The van der Waals surface area contributed by atoms with E-state index in [9.17, 15) is 0 Å². The minimum Gasteiger partial charge on any atom is -0.382 e. The van der Waals surface area contributed by atoms with Gasteiger partial charge in [-0.05, 0) is 25.8 Å². The van der Waals surface area contributed by atoms with Gasteiger partial charge in [0.15, 0.2) is 5.96 Å². The molecule has 0 aliphatic carbocycles. The molecule has 6 heteroatoms. The number of benzene rings is 1. The van der Waals surface area contributed by atoms with Gasteiger partial charge >= 0.3 is 0 Å². The van der Waals surface area contributed by atoms with Gasteiger partial charge in [0.25, 0.3) is 0 Å². The van der Waals surface area contributed by atoms with Gasteiger partial charge in [-0.3, -0.25) is 0 Å². The fourth-order valence-electron chi connectivity index (χ4n) is 1.83. The molecular weight excluding hydrogens is 405 g/mol. The third kappa shape index (κ3) is 11.3. The molecule has 0 aliphatic heterocycles. The minimum absolute atomic E-state index is 0. The first kappa shape index (κ1) is 22.1. The lowest BCUT2D eigenvalue weighted by atomic mass is 10.1. The molecule has 0 aliphatic rings. The van der Waals surface area contributed by atoms with Crippen molar-refractivity contribution in [3.8, 4) is 0 Å². The quantitative estimate of drug-likeness (QED) is 0.257. The monoisotopic (exact) mass is 435 g/mol. The van der Waals surface area contributed by atoms with Crippen LogP contribution in [0.4, 0.5) is 0 Å². The third-order valence-electron chi connectivity index (χ3n) is 3.07. The van der Waals surface area contributed by atoms with Gasteiger partial charge in [-0.2, -0.15) is 0 Å². The van der Waals surface area contributed by atoms with Gasteiger partial charge in [-0.15, -0.1) is 24.0 Å². The minimum atomic E-state index is 0. The second kappa shape index (κ2) is 14.7. The van der Waals surface area contributed by atoms with Crippen molar-refractivity contribution >= 4 is 29.9 Å². The highest BCUT2D eigenvalue weighted by Gasteiger charge is 1.97. The van der Waals surface area contributed by atoms with Crippen LogP contribution in [0, 0.1) is 6.92 Å². The number of hydrogen-bond donors (Lipinski definition) is 2. The summed E-state index contributed by atoms with van der Waals surface area (Å²) >= 11 is 0. The van der Waals surface area contributed by atoms with Gasteiger partial charge in [0.05, 0.1) is 19.8 Å². The van der Waals surface area contributed by atoms with Crippen molar-refractivity contribution in [2.24, 2.45) is 4.99 Å². The molecule has 0 bridgehead atoms. The molecule has 2 N–H and O–H groups in total. The summed E-state index contributed by atoms with van der Waals surface area (Å²) in [7, 11) is 1.68. The van der Waals surface area contributed by atoms with Gasteiger partial charge < -0.3 is 20.1 Å². The van der Waals surface area contributed by atoms with Crippen molar-refractivity contribution in [3.05, 3.63) is 35.4 Å².